The molecular formula is C4H9BrCl2Sn. The first-order valence-corrected chi connectivity index (χ1v) is 13.9. The van der Waals surface area contributed by atoms with Crippen LogP contribution in [-0.2, 0) is 0 Å². The van der Waals surface area contributed by atoms with Crippen LogP contribution in [0.15, 0.2) is 0 Å². The van der Waals surface area contributed by atoms with Crippen molar-refractivity contribution in [3.05, 3.63) is 0 Å². The van der Waals surface area contributed by atoms with Gasteiger partial charge in [-0.05, 0) is 0 Å². The number of hydrogen-bond donors (Lipinski definition) is 0. The van der Waals surface area contributed by atoms with Crippen LogP contribution in [-0.4, -0.2) is 19.6 Å². The first-order chi connectivity index (χ1) is 3.25. The van der Waals surface area contributed by atoms with Crippen molar-refractivity contribution in [2.24, 2.45) is 0 Å². The van der Waals surface area contributed by atoms with Crippen LogP contribution in [0, 0.1) is 0 Å². The van der Waals surface area contributed by atoms with Gasteiger partial charge in [0.25, 0.3) is 0 Å². The van der Waals surface area contributed by atoms with Crippen molar-refractivity contribution in [1.29, 1.82) is 0 Å². The summed E-state index contributed by atoms with van der Waals surface area (Å²) in [6.07, 6.45) is 0. The Morgan fingerprint density at radius 1 is 1.25 bits per heavy atom. The summed E-state index contributed by atoms with van der Waals surface area (Å²) < 4.78 is -0.596. The van der Waals surface area contributed by atoms with Crippen molar-refractivity contribution in [3.8, 4) is 0 Å². The van der Waals surface area contributed by atoms with Gasteiger partial charge in [0.1, 0.15) is 0 Å². The molecule has 0 unspecified atom stereocenters. The van der Waals surface area contributed by atoms with Crippen LogP contribution in [0.1, 0.15) is 0 Å². The van der Waals surface area contributed by atoms with Crippen molar-refractivity contribution in [2.75, 3.05) is 0 Å². The fraction of sp³-hybridized carbons (Fsp3) is 1.00. The van der Waals surface area contributed by atoms with Crippen molar-refractivity contribution < 1.29 is 0 Å². The van der Waals surface area contributed by atoms with Crippen LogP contribution in [0.25, 0.3) is 0 Å². The van der Waals surface area contributed by atoms with Crippen molar-refractivity contribution in [1.82, 2.24) is 0 Å². The van der Waals surface area contributed by atoms with E-state index in [2.05, 4.69) is 30.7 Å². The van der Waals surface area contributed by atoms with E-state index < -0.39 is 19.6 Å². The molecule has 0 N–H and O–H groups in total. The zero-order valence-corrected chi connectivity index (χ0v) is 11.1. The summed E-state index contributed by atoms with van der Waals surface area (Å²) in [7, 11) is 0. The van der Waals surface area contributed by atoms with Gasteiger partial charge in [-0.25, -0.2) is 0 Å². The van der Waals surface area contributed by atoms with Gasteiger partial charge in [-0.15, -0.1) is 0 Å². The van der Waals surface area contributed by atoms with Crippen LogP contribution < -0.4 is 0 Å². The van der Waals surface area contributed by atoms with E-state index in [1.165, 1.54) is 0 Å². The van der Waals surface area contributed by atoms with E-state index in [4.69, 9.17) is 23.2 Å². The van der Waals surface area contributed by atoms with Crippen LogP contribution in [0.4, 0.5) is 0 Å². The van der Waals surface area contributed by atoms with Crippen molar-refractivity contribution in [3.63, 3.8) is 0 Å². The van der Waals surface area contributed by atoms with E-state index in [1.54, 1.807) is 0 Å². The third-order valence-electron chi connectivity index (χ3n) is 0.850. The Labute approximate surface area is 72.9 Å². The normalized spacial score (nSPS) is 14.2. The zero-order chi connectivity index (χ0) is 7.00. The summed E-state index contributed by atoms with van der Waals surface area (Å²) in [6, 6.07) is 0. The fourth-order valence-electron chi connectivity index (χ4n) is 0. The molecule has 0 atom stereocenters. The molecule has 0 fully saturated rings. The topological polar surface area (TPSA) is 0 Å². The molecule has 0 aromatic rings. The molecule has 50 valence electrons. The van der Waals surface area contributed by atoms with Gasteiger partial charge in [-0.2, -0.15) is 0 Å². The molecule has 0 spiro atoms. The number of rotatable bonds is 1. The minimum absolute atomic E-state index is 0.596. The molecule has 0 nitrogen and oxygen atoms in total. The van der Waals surface area contributed by atoms with Crippen LogP contribution in [0.2, 0.25) is 14.8 Å². The summed E-state index contributed by atoms with van der Waals surface area (Å²) in [4.78, 5) is 6.51. The van der Waals surface area contributed by atoms with Crippen molar-refractivity contribution >= 4 is 57.5 Å². The van der Waals surface area contributed by atoms with Crippen molar-refractivity contribution in [2.45, 2.75) is 16.1 Å². The Hall–Kier alpha value is 1.86. The molecule has 4 heteroatoms. The minimum atomic E-state index is -2.07. The molecule has 0 aromatic heterocycles. The summed E-state index contributed by atoms with van der Waals surface area (Å²) >= 11 is 12.7. The Morgan fingerprint density at radius 3 is 1.38 bits per heavy atom. The van der Waals surface area contributed by atoms with Gasteiger partial charge < -0.3 is 0 Å². The second-order valence-electron chi connectivity index (χ2n) is 2.75. The van der Waals surface area contributed by atoms with E-state index in [0.29, 0.717) is 0 Å². The average molecular weight is 327 g/mol. The third-order valence-corrected chi connectivity index (χ3v) is 21.3. The summed E-state index contributed by atoms with van der Waals surface area (Å²) in [6.45, 7) is 0. The summed E-state index contributed by atoms with van der Waals surface area (Å²) in [5, 5.41) is 0. The second kappa shape index (κ2) is 2.85. The number of alkyl halides is 3. The van der Waals surface area contributed by atoms with Crippen LogP contribution in [0.3, 0.4) is 0 Å². The quantitative estimate of drug-likeness (QED) is 0.512. The van der Waals surface area contributed by atoms with E-state index in [0.717, 1.165) is 0 Å². The van der Waals surface area contributed by atoms with E-state index in [1.807, 2.05) is 0 Å². The Balaban J connectivity index is 4.02. The van der Waals surface area contributed by atoms with E-state index in [9.17, 15) is 0 Å². The maximum absolute atomic E-state index is 5.78. The first-order valence-electron chi connectivity index (χ1n) is 2.32. The summed E-state index contributed by atoms with van der Waals surface area (Å²) in [5.41, 5.74) is 0. The molecule has 0 saturated heterocycles. The molecule has 0 amide bonds. The molecule has 0 aliphatic carbocycles. The molecular weight excluding hydrogens is 318 g/mol. The molecule has 0 aliphatic rings. The fourth-order valence-corrected chi connectivity index (χ4v) is 0. The average Bonchev–Trinajstić information content (AvgIpc) is 1.25. The monoisotopic (exact) mass is 326 g/mol. The Morgan fingerprint density at radius 2 is 1.38 bits per heavy atom. The SMILES string of the molecule is [CH3][Sn]([CH3])([CH3])[C](Cl)(Cl)Br. The second-order valence-corrected chi connectivity index (χ2v) is 25.1. The molecule has 0 bridgehead atoms. The Kier molecular flexibility index (Phi) is 3.51. The van der Waals surface area contributed by atoms with Gasteiger partial charge in [-0.3, -0.25) is 0 Å². The van der Waals surface area contributed by atoms with Gasteiger partial charge in [0.2, 0.25) is 0 Å². The van der Waals surface area contributed by atoms with Gasteiger partial charge >= 0.3 is 73.6 Å². The maximum atomic E-state index is 5.78. The van der Waals surface area contributed by atoms with Gasteiger partial charge in [-0.1, -0.05) is 0 Å². The standard InChI is InChI=1S/CBrCl2.3CH3.Sn/c2-1(3)4;;;;/h;3*1H3;. The van der Waals surface area contributed by atoms with Crippen LogP contribution in [0.5, 0.6) is 0 Å². The molecule has 0 aliphatic heterocycles. The molecule has 0 saturated carbocycles. The number of halogens is 3. The zero-order valence-electron chi connectivity index (χ0n) is 5.13. The summed E-state index contributed by atoms with van der Waals surface area (Å²) in [5.74, 6) is 0. The molecule has 0 rings (SSSR count). The molecule has 0 heterocycles. The predicted octanol–water partition coefficient (Wildman–Crippen LogP) is 3.39. The van der Waals surface area contributed by atoms with Gasteiger partial charge in [0.05, 0.1) is 0 Å². The van der Waals surface area contributed by atoms with Crippen LogP contribution >= 0.6 is 39.1 Å². The van der Waals surface area contributed by atoms with Gasteiger partial charge in [0, 0.05) is 0 Å². The molecule has 8 heavy (non-hydrogen) atoms. The Bertz CT molecular complexity index is 69.0. The first kappa shape index (κ1) is 9.86. The predicted molar refractivity (Wildman–Crippen MR) is 46.7 cm³/mol. The van der Waals surface area contributed by atoms with Gasteiger partial charge in [0.15, 0.2) is 0 Å². The van der Waals surface area contributed by atoms with E-state index >= 15 is 0 Å². The van der Waals surface area contributed by atoms with E-state index in [-0.39, 0.29) is 0 Å². The molecule has 0 radical (unpaired) electrons. The molecule has 0 aromatic carbocycles. The third kappa shape index (κ3) is 3.14. The number of hydrogen-bond acceptors (Lipinski definition) is 0.